The van der Waals surface area contributed by atoms with E-state index in [1.165, 1.54) is 13.0 Å². The fourth-order valence-electron chi connectivity index (χ4n) is 5.93. The molecule has 0 saturated carbocycles. The second kappa shape index (κ2) is 9.31. The van der Waals surface area contributed by atoms with Crippen LogP contribution in [0.1, 0.15) is 39.4 Å². The zero-order valence-electron chi connectivity index (χ0n) is 21.1. The minimum atomic E-state index is -4.54. The van der Waals surface area contributed by atoms with Crippen molar-refractivity contribution in [1.82, 2.24) is 4.98 Å². The van der Waals surface area contributed by atoms with Gasteiger partial charge in [0.15, 0.2) is 0 Å². The first kappa shape index (κ1) is 24.7. The zero-order chi connectivity index (χ0) is 26.5. The van der Waals surface area contributed by atoms with Crippen LogP contribution in [0.15, 0.2) is 60.9 Å². The summed E-state index contributed by atoms with van der Waals surface area (Å²) in [5.41, 5.74) is 2.44. The van der Waals surface area contributed by atoms with Gasteiger partial charge in [-0.3, -0.25) is 9.78 Å². The molecule has 0 aliphatic carbocycles. The van der Waals surface area contributed by atoms with Crippen molar-refractivity contribution in [3.05, 3.63) is 83.2 Å². The number of pyridine rings is 1. The number of nitrogens with one attached hydrogen (secondary N) is 1. The topological polar surface area (TPSA) is 57.7 Å². The van der Waals surface area contributed by atoms with Gasteiger partial charge in [-0.25, -0.2) is 0 Å². The molecule has 1 amide bonds. The van der Waals surface area contributed by atoms with Crippen molar-refractivity contribution in [1.29, 1.82) is 0 Å². The lowest BCUT2D eigenvalue weighted by molar-refractivity contribution is -0.138. The summed E-state index contributed by atoms with van der Waals surface area (Å²) in [6, 6.07) is 13.6. The van der Waals surface area contributed by atoms with Crippen LogP contribution >= 0.6 is 0 Å². The predicted octanol–water partition coefficient (Wildman–Crippen LogP) is 5.49. The number of anilines is 3. The third-order valence-electron chi connectivity index (χ3n) is 7.93. The number of alkyl halides is 3. The Morgan fingerprint density at radius 2 is 1.76 bits per heavy atom. The summed E-state index contributed by atoms with van der Waals surface area (Å²) in [5, 5.41) is 2.77. The lowest BCUT2D eigenvalue weighted by atomic mass is 9.78. The molecule has 6 nitrogen and oxygen atoms in total. The standard InChI is InChI=1S/C29H29F3N4O2/c1-19-7-8-24(34-27(37)20-5-3-2-4-6-20)25(26(19)29(30,31)32)21-9-10-35(14-21)22-11-23(13-33-12-22)36-15-28(16-36)17-38-18-28/h2-8,11-13,21H,9-10,14-18H2,1H3,(H,34,37)/t21-/m1/s1. The van der Waals surface area contributed by atoms with Crippen molar-refractivity contribution >= 4 is 23.0 Å². The van der Waals surface area contributed by atoms with Crippen molar-refractivity contribution in [2.75, 3.05) is 54.5 Å². The molecule has 3 aliphatic heterocycles. The van der Waals surface area contributed by atoms with Gasteiger partial charge in [0.2, 0.25) is 0 Å². The van der Waals surface area contributed by atoms with Crippen molar-refractivity contribution in [3.8, 4) is 0 Å². The zero-order valence-corrected chi connectivity index (χ0v) is 21.1. The number of halogens is 3. The van der Waals surface area contributed by atoms with Crippen LogP contribution in [-0.2, 0) is 10.9 Å². The van der Waals surface area contributed by atoms with E-state index in [1.807, 2.05) is 6.20 Å². The summed E-state index contributed by atoms with van der Waals surface area (Å²) in [6.45, 7) is 5.95. The van der Waals surface area contributed by atoms with Gasteiger partial charge >= 0.3 is 6.18 Å². The highest BCUT2D eigenvalue weighted by molar-refractivity contribution is 6.04. The Morgan fingerprint density at radius 1 is 1.05 bits per heavy atom. The number of aromatic nitrogens is 1. The van der Waals surface area contributed by atoms with E-state index in [9.17, 15) is 18.0 Å². The number of amides is 1. The maximum Gasteiger partial charge on any atom is 0.417 e. The fourth-order valence-corrected chi connectivity index (χ4v) is 5.93. The first-order valence-electron chi connectivity index (χ1n) is 12.8. The second-order valence-electron chi connectivity index (χ2n) is 10.7. The Bertz CT molecular complexity index is 1350. The monoisotopic (exact) mass is 522 g/mol. The summed E-state index contributed by atoms with van der Waals surface area (Å²) >= 11 is 0. The van der Waals surface area contributed by atoms with E-state index in [1.54, 1.807) is 42.6 Å². The average molecular weight is 523 g/mol. The lowest BCUT2D eigenvalue weighted by Crippen LogP contribution is -2.66. The van der Waals surface area contributed by atoms with Crippen molar-refractivity contribution in [2.24, 2.45) is 5.41 Å². The first-order valence-corrected chi connectivity index (χ1v) is 12.8. The highest BCUT2D eigenvalue weighted by atomic mass is 19.4. The number of benzene rings is 2. The molecule has 1 spiro atoms. The molecular formula is C29H29F3N4O2. The van der Waals surface area contributed by atoms with Crippen molar-refractivity contribution < 1.29 is 22.7 Å². The van der Waals surface area contributed by atoms with Crippen LogP contribution in [0, 0.1) is 12.3 Å². The fraction of sp³-hybridized carbons (Fsp3) is 0.379. The minimum Gasteiger partial charge on any atom is -0.380 e. The Labute approximate surface area is 219 Å². The summed E-state index contributed by atoms with van der Waals surface area (Å²) < 4.78 is 48.4. The number of hydrogen-bond donors (Lipinski definition) is 1. The molecule has 9 heteroatoms. The third-order valence-corrected chi connectivity index (χ3v) is 7.93. The molecule has 3 aliphatic rings. The number of carbonyl (C=O) groups excluding carboxylic acids is 1. The van der Waals surface area contributed by atoms with Crippen LogP contribution in [-0.4, -0.2) is 50.3 Å². The van der Waals surface area contributed by atoms with Gasteiger partial charge < -0.3 is 19.9 Å². The normalized spacial score (nSPS) is 20.3. The van der Waals surface area contributed by atoms with E-state index in [2.05, 4.69) is 26.2 Å². The molecule has 0 bridgehead atoms. The smallest absolute Gasteiger partial charge is 0.380 e. The molecule has 3 fully saturated rings. The molecule has 1 aromatic heterocycles. The van der Waals surface area contributed by atoms with Crippen LogP contribution in [0.2, 0.25) is 0 Å². The van der Waals surface area contributed by atoms with E-state index in [0.29, 0.717) is 25.1 Å². The Hall–Kier alpha value is -3.59. The van der Waals surface area contributed by atoms with Crippen LogP contribution in [0.3, 0.4) is 0 Å². The third kappa shape index (κ3) is 4.49. The number of aryl methyl sites for hydroxylation is 1. The van der Waals surface area contributed by atoms with Crippen LogP contribution < -0.4 is 15.1 Å². The molecule has 6 rings (SSSR count). The largest absolute Gasteiger partial charge is 0.417 e. The van der Waals surface area contributed by atoms with Gasteiger partial charge in [0.25, 0.3) is 5.91 Å². The van der Waals surface area contributed by atoms with Gasteiger partial charge in [0.1, 0.15) is 0 Å². The van der Waals surface area contributed by atoms with E-state index >= 15 is 0 Å². The molecule has 3 saturated heterocycles. The van der Waals surface area contributed by atoms with Crippen molar-refractivity contribution in [2.45, 2.75) is 25.4 Å². The summed E-state index contributed by atoms with van der Waals surface area (Å²) in [4.78, 5) is 21.7. The number of carbonyl (C=O) groups is 1. The molecule has 0 unspecified atom stereocenters. The van der Waals surface area contributed by atoms with Crippen LogP contribution in [0.4, 0.5) is 30.2 Å². The Balaban J connectivity index is 1.27. The summed E-state index contributed by atoms with van der Waals surface area (Å²) in [5.74, 6) is -0.833. The molecule has 4 heterocycles. The first-order chi connectivity index (χ1) is 18.2. The SMILES string of the molecule is Cc1ccc(NC(=O)c2ccccc2)c([C@@H]2CCN(c3cncc(N4CC5(COC5)C4)c3)C2)c1C(F)(F)F. The molecule has 0 radical (unpaired) electrons. The van der Waals surface area contributed by atoms with Gasteiger partial charge in [0.05, 0.1) is 48.0 Å². The Morgan fingerprint density at radius 3 is 2.42 bits per heavy atom. The minimum absolute atomic E-state index is 0.152. The Kier molecular flexibility index (Phi) is 6.06. The van der Waals surface area contributed by atoms with Gasteiger partial charge in [-0.15, -0.1) is 0 Å². The molecular weight excluding hydrogens is 493 g/mol. The number of nitrogens with zero attached hydrogens (tertiary/aromatic N) is 3. The summed E-state index contributed by atoms with van der Waals surface area (Å²) in [7, 11) is 0. The molecule has 2 aromatic carbocycles. The maximum atomic E-state index is 14.4. The van der Waals surface area contributed by atoms with E-state index in [0.717, 1.165) is 37.7 Å². The van der Waals surface area contributed by atoms with E-state index in [4.69, 9.17) is 4.74 Å². The van der Waals surface area contributed by atoms with Gasteiger partial charge in [-0.2, -0.15) is 13.2 Å². The van der Waals surface area contributed by atoms with Crippen molar-refractivity contribution in [3.63, 3.8) is 0 Å². The quantitative estimate of drug-likeness (QED) is 0.480. The van der Waals surface area contributed by atoms with Gasteiger partial charge in [-0.1, -0.05) is 24.3 Å². The number of ether oxygens (including phenoxy) is 1. The molecule has 1 N–H and O–H groups in total. The molecule has 3 aromatic rings. The van der Waals surface area contributed by atoms with Gasteiger partial charge in [0, 0.05) is 43.3 Å². The van der Waals surface area contributed by atoms with Gasteiger partial charge in [-0.05, 0) is 48.7 Å². The highest BCUT2D eigenvalue weighted by Crippen LogP contribution is 2.45. The number of hydrogen-bond acceptors (Lipinski definition) is 5. The second-order valence-corrected chi connectivity index (χ2v) is 10.7. The van der Waals surface area contributed by atoms with E-state index in [-0.39, 0.29) is 22.2 Å². The highest BCUT2D eigenvalue weighted by Gasteiger charge is 2.49. The maximum absolute atomic E-state index is 14.4. The molecule has 38 heavy (non-hydrogen) atoms. The van der Waals surface area contributed by atoms with Crippen LogP contribution in [0.5, 0.6) is 0 Å². The predicted molar refractivity (Wildman–Crippen MR) is 140 cm³/mol. The average Bonchev–Trinajstić information content (AvgIpc) is 3.33. The lowest BCUT2D eigenvalue weighted by Gasteiger charge is -2.55. The van der Waals surface area contributed by atoms with Crippen LogP contribution in [0.25, 0.3) is 0 Å². The summed E-state index contributed by atoms with van der Waals surface area (Å²) in [6.07, 6.45) is -0.397. The molecule has 198 valence electrons. The van der Waals surface area contributed by atoms with E-state index < -0.39 is 23.6 Å². The number of rotatable bonds is 5. The molecule has 1 atom stereocenters.